The molecule has 0 radical (unpaired) electrons. The van der Waals surface area contributed by atoms with Crippen molar-refractivity contribution in [2.75, 3.05) is 20.8 Å². The minimum Gasteiger partial charge on any atom is -0.468 e. The number of methoxy groups -OCH3 is 2. The van der Waals surface area contributed by atoms with Crippen LogP contribution in [-0.4, -0.2) is 83.6 Å². The lowest BCUT2D eigenvalue weighted by molar-refractivity contribution is -0.152. The number of carbonyl (C=O) groups excluding carboxylic acids is 3. The highest BCUT2D eigenvalue weighted by Crippen LogP contribution is 2.47. The Hall–Kier alpha value is -3.47. The van der Waals surface area contributed by atoms with Crippen LogP contribution in [0.2, 0.25) is 0 Å². The third kappa shape index (κ3) is 7.71. The maximum absolute atomic E-state index is 14.5. The van der Waals surface area contributed by atoms with Crippen molar-refractivity contribution in [3.05, 3.63) is 75.2 Å². The number of ether oxygens (including phenoxy) is 3. The Balaban J connectivity index is 1.41. The molecule has 1 aromatic heterocycles. The number of carbonyl (C=O) groups is 3. The van der Waals surface area contributed by atoms with E-state index in [0.29, 0.717) is 4.47 Å². The summed E-state index contributed by atoms with van der Waals surface area (Å²) in [6.07, 6.45) is -1.36. The molecule has 2 aliphatic heterocycles. The Kier molecular flexibility index (Phi) is 11.2. The van der Waals surface area contributed by atoms with Crippen LogP contribution in [0, 0.1) is 0 Å². The van der Waals surface area contributed by atoms with Gasteiger partial charge >= 0.3 is 19.7 Å². The smallest absolute Gasteiger partial charge is 0.459 e. The van der Waals surface area contributed by atoms with Gasteiger partial charge in [0.2, 0.25) is 5.91 Å². The van der Waals surface area contributed by atoms with Gasteiger partial charge in [-0.3, -0.25) is 24.3 Å². The second-order valence-corrected chi connectivity index (χ2v) is 15.3. The van der Waals surface area contributed by atoms with Gasteiger partial charge in [0.15, 0.2) is 6.23 Å². The number of nitrogens with zero attached hydrogens (tertiary/aromatic N) is 4. The maximum atomic E-state index is 14.5. The van der Waals surface area contributed by atoms with Crippen LogP contribution < -0.4 is 14.9 Å². The summed E-state index contributed by atoms with van der Waals surface area (Å²) in [6.45, 7) is 1.07. The number of hydrogen-bond donors (Lipinski definition) is 3. The zero-order valence-corrected chi connectivity index (χ0v) is 29.9. The molecule has 5 rings (SSSR count). The quantitative estimate of drug-likeness (QED) is 0.0509. The van der Waals surface area contributed by atoms with Crippen LogP contribution in [0.3, 0.4) is 0 Å². The number of aromatic amines is 1. The Morgan fingerprint density at radius 2 is 2.04 bits per heavy atom. The van der Waals surface area contributed by atoms with Crippen molar-refractivity contribution < 1.29 is 42.2 Å². The number of imide groups is 1. The molecule has 2 saturated heterocycles. The minimum atomic E-state index is -4.44. The first kappa shape index (κ1) is 35.8. The molecule has 2 aromatic carbocycles. The summed E-state index contributed by atoms with van der Waals surface area (Å²) in [5.74, 6) is -1.17. The van der Waals surface area contributed by atoms with E-state index in [0.717, 1.165) is 16.5 Å². The molecule has 0 saturated carbocycles. The van der Waals surface area contributed by atoms with E-state index in [1.54, 1.807) is 30.5 Å². The average Bonchev–Trinajstić information content (AvgIpc) is 3.65. The average molecular weight is 813 g/mol. The fraction of sp³-hybridized carbons (Fsp3) is 0.414. The molecule has 3 unspecified atom stereocenters. The Morgan fingerprint density at radius 3 is 2.75 bits per heavy atom. The van der Waals surface area contributed by atoms with E-state index in [2.05, 4.69) is 57.3 Å². The maximum Gasteiger partial charge on any atom is 0.459 e. The third-order valence-corrected chi connectivity index (χ3v) is 10.7. The molecule has 0 spiro atoms. The van der Waals surface area contributed by atoms with Crippen molar-refractivity contribution in [3.63, 3.8) is 0 Å². The van der Waals surface area contributed by atoms with E-state index in [-0.39, 0.29) is 18.6 Å². The van der Waals surface area contributed by atoms with E-state index in [1.807, 2.05) is 24.3 Å². The molecule has 0 bridgehead atoms. The lowest BCUT2D eigenvalue weighted by Crippen LogP contribution is -2.69. The minimum absolute atomic E-state index is 0.00178. The standard InChI is InChI=1S/C29H32Br2N7O9P/c1-29(31)26(40)34-28(41)38(27(29)44-3)24-13-21(35-37-32)23(46-24)15-45-48(42,47-18-8-6-7-17(30)12-18)36-22(25(39)43-2)11-16-14-33-20-10-5-4-9-19(16)20/h4-10,12,14,21-24,27,33H,11,13,15H2,1-3H3,(H,36,42)(H,34,40,41)/t21-,22-,23+,24+,27?,29?,48?/m0/s1. The summed E-state index contributed by atoms with van der Waals surface area (Å²) in [6, 6.07) is 11.2. The first-order valence-electron chi connectivity index (χ1n) is 14.5. The fourth-order valence-electron chi connectivity index (χ4n) is 5.56. The number of azide groups is 1. The molecular formula is C29H32Br2N7O9P. The number of urea groups is 1. The lowest BCUT2D eigenvalue weighted by atomic mass is 10.0. The number of H-pyrrole nitrogens is 1. The number of amides is 3. The lowest BCUT2D eigenvalue weighted by Gasteiger charge is -2.44. The molecule has 19 heteroatoms. The van der Waals surface area contributed by atoms with Gasteiger partial charge in [-0.25, -0.2) is 9.36 Å². The second kappa shape index (κ2) is 15.0. The predicted octanol–water partition coefficient (Wildman–Crippen LogP) is 5.28. The van der Waals surface area contributed by atoms with Crippen molar-refractivity contribution in [1.82, 2.24) is 20.3 Å². The van der Waals surface area contributed by atoms with Gasteiger partial charge in [-0.1, -0.05) is 61.2 Å². The van der Waals surface area contributed by atoms with Crippen molar-refractivity contribution in [2.24, 2.45) is 5.11 Å². The molecule has 48 heavy (non-hydrogen) atoms. The monoisotopic (exact) mass is 811 g/mol. The summed E-state index contributed by atoms with van der Waals surface area (Å²) in [5, 5.41) is 9.68. The van der Waals surface area contributed by atoms with Crippen LogP contribution >= 0.6 is 39.6 Å². The first-order valence-corrected chi connectivity index (χ1v) is 17.7. The van der Waals surface area contributed by atoms with Gasteiger partial charge in [-0.05, 0) is 42.3 Å². The molecule has 256 valence electrons. The number of halogens is 2. The summed E-state index contributed by atoms with van der Waals surface area (Å²) >= 11 is 6.69. The van der Waals surface area contributed by atoms with E-state index >= 15 is 0 Å². The van der Waals surface area contributed by atoms with E-state index in [9.17, 15) is 24.5 Å². The zero-order valence-electron chi connectivity index (χ0n) is 25.9. The van der Waals surface area contributed by atoms with Gasteiger partial charge in [-0.2, -0.15) is 5.09 Å². The van der Waals surface area contributed by atoms with E-state index in [1.165, 1.54) is 26.0 Å². The van der Waals surface area contributed by atoms with E-state index < -0.39 is 67.2 Å². The number of hydrogen-bond acceptors (Lipinski definition) is 10. The Labute approximate surface area is 291 Å². The van der Waals surface area contributed by atoms with Gasteiger partial charge in [0.25, 0.3) is 0 Å². The normalized spacial score (nSPS) is 26.0. The largest absolute Gasteiger partial charge is 0.468 e. The molecule has 3 heterocycles. The van der Waals surface area contributed by atoms with E-state index in [4.69, 9.17) is 23.3 Å². The number of nitrogens with one attached hydrogen (secondary N) is 3. The highest BCUT2D eigenvalue weighted by molar-refractivity contribution is 9.10. The summed E-state index contributed by atoms with van der Waals surface area (Å²) in [5.41, 5.74) is 10.9. The number of rotatable bonds is 13. The number of para-hydroxylation sites is 1. The van der Waals surface area contributed by atoms with Crippen LogP contribution in [-0.2, 0) is 39.3 Å². The van der Waals surface area contributed by atoms with Crippen LogP contribution in [0.5, 0.6) is 5.75 Å². The summed E-state index contributed by atoms with van der Waals surface area (Å²) < 4.78 is 42.3. The first-order chi connectivity index (χ1) is 22.9. The number of alkyl halides is 1. The van der Waals surface area contributed by atoms with Gasteiger partial charge in [-0.15, -0.1) is 0 Å². The molecule has 3 aromatic rings. The molecule has 0 aliphatic carbocycles. The Morgan fingerprint density at radius 1 is 1.27 bits per heavy atom. The molecule has 3 amide bonds. The Bertz CT molecular complexity index is 1790. The van der Waals surface area contributed by atoms with Crippen molar-refractivity contribution in [1.29, 1.82) is 0 Å². The highest BCUT2D eigenvalue weighted by atomic mass is 79.9. The topological polar surface area (TPSA) is 206 Å². The van der Waals surface area contributed by atoms with Gasteiger partial charge in [0, 0.05) is 46.4 Å². The second-order valence-electron chi connectivity index (χ2n) is 11.1. The van der Waals surface area contributed by atoms with Crippen LogP contribution in [0.1, 0.15) is 18.9 Å². The SMILES string of the molecule is COC(=O)[C@H](Cc1c[nH]c2ccccc12)NP(=O)(OC[C@H]1O[C@@H](N2C(=O)NC(=O)C(C)(Br)C2OC)C[C@@H]1N=[N+]=[N-])Oc1cccc(Br)c1. The molecule has 2 fully saturated rings. The number of fused-ring (bicyclic) bond motifs is 1. The molecule has 3 N–H and O–H groups in total. The van der Waals surface area contributed by atoms with Gasteiger partial charge < -0.3 is 23.7 Å². The van der Waals surface area contributed by atoms with Gasteiger partial charge in [0.1, 0.15) is 22.3 Å². The number of benzene rings is 2. The molecular weight excluding hydrogens is 781 g/mol. The van der Waals surface area contributed by atoms with Crippen LogP contribution in [0.25, 0.3) is 21.3 Å². The van der Waals surface area contributed by atoms with Gasteiger partial charge in [0.05, 0.1) is 25.9 Å². The number of esters is 1. The van der Waals surface area contributed by atoms with Crippen molar-refractivity contribution in [2.45, 2.75) is 54.7 Å². The van der Waals surface area contributed by atoms with Crippen molar-refractivity contribution in [3.8, 4) is 5.75 Å². The molecule has 7 atom stereocenters. The predicted molar refractivity (Wildman–Crippen MR) is 179 cm³/mol. The van der Waals surface area contributed by atoms with Crippen LogP contribution in [0.15, 0.2) is 64.3 Å². The number of aromatic nitrogens is 1. The molecule has 16 nitrogen and oxygen atoms in total. The molecule has 2 aliphatic rings. The van der Waals surface area contributed by atoms with Crippen molar-refractivity contribution >= 4 is 68.4 Å². The summed E-state index contributed by atoms with van der Waals surface area (Å²) in [7, 11) is -1.90. The highest BCUT2D eigenvalue weighted by Gasteiger charge is 2.54. The zero-order chi connectivity index (χ0) is 34.6. The fourth-order valence-corrected chi connectivity index (χ4v) is 7.94. The summed E-state index contributed by atoms with van der Waals surface area (Å²) in [4.78, 5) is 45.7. The third-order valence-electron chi connectivity index (χ3n) is 7.88. The van der Waals surface area contributed by atoms with Crippen LogP contribution in [0.4, 0.5) is 4.79 Å².